The maximum Gasteiger partial charge on any atom is 0.335 e. The minimum absolute atomic E-state index is 0.235. The van der Waals surface area contributed by atoms with Crippen molar-refractivity contribution >= 4 is 28.1 Å². The lowest BCUT2D eigenvalue weighted by atomic mass is 10.1. The Morgan fingerprint density at radius 3 is 2.65 bits per heavy atom. The Balaban J connectivity index is 1.87. The van der Waals surface area contributed by atoms with Gasteiger partial charge in [0.05, 0.1) is 11.1 Å². The summed E-state index contributed by atoms with van der Waals surface area (Å²) in [6.07, 6.45) is 0. The fourth-order valence-corrected chi connectivity index (χ4v) is 3.04. The van der Waals surface area contributed by atoms with E-state index in [-0.39, 0.29) is 11.4 Å². The summed E-state index contributed by atoms with van der Waals surface area (Å²) in [5.74, 6) is -1.28. The van der Waals surface area contributed by atoms with Crippen LogP contribution in [0.4, 0.5) is 15.2 Å². The van der Waals surface area contributed by atoms with Crippen molar-refractivity contribution in [2.75, 3.05) is 5.32 Å². The zero-order chi connectivity index (χ0) is 16.4. The van der Waals surface area contributed by atoms with Crippen molar-refractivity contribution in [2.45, 2.75) is 0 Å². The zero-order valence-electron chi connectivity index (χ0n) is 12.2. The molecule has 2 aromatic carbocycles. The van der Waals surface area contributed by atoms with Gasteiger partial charge >= 0.3 is 5.97 Å². The summed E-state index contributed by atoms with van der Waals surface area (Å²) in [6, 6.07) is 12.7. The largest absolute Gasteiger partial charge is 0.478 e. The average Bonchev–Trinajstić information content (AvgIpc) is 2.88. The predicted octanol–water partition coefficient (Wildman–Crippen LogP) is 3.22. The highest BCUT2D eigenvalue weighted by Gasteiger charge is 2.19. The van der Waals surface area contributed by atoms with Crippen LogP contribution in [0.25, 0.3) is 10.6 Å². The second-order valence-electron chi connectivity index (χ2n) is 4.85. The van der Waals surface area contributed by atoms with Crippen LogP contribution >= 0.6 is 11.3 Å². The molecule has 0 aliphatic rings. The normalized spacial score (nSPS) is 10.5. The van der Waals surface area contributed by atoms with Gasteiger partial charge in [0.15, 0.2) is 7.05 Å². The van der Waals surface area contributed by atoms with Gasteiger partial charge in [-0.1, -0.05) is 10.7 Å². The van der Waals surface area contributed by atoms with Crippen molar-refractivity contribution in [2.24, 2.45) is 7.05 Å². The van der Waals surface area contributed by atoms with E-state index in [1.165, 1.54) is 23.5 Å². The second-order valence-corrected chi connectivity index (χ2v) is 5.83. The quantitative estimate of drug-likeness (QED) is 0.721. The molecule has 0 unspecified atom stereocenters. The van der Waals surface area contributed by atoms with Crippen LogP contribution in [0.15, 0.2) is 48.5 Å². The van der Waals surface area contributed by atoms with E-state index < -0.39 is 5.97 Å². The van der Waals surface area contributed by atoms with E-state index in [1.807, 2.05) is 0 Å². The lowest BCUT2D eigenvalue weighted by Crippen LogP contribution is -2.31. The standard InChI is InChI=1S/C16H12FN3O2S/c1-20-14(10-5-7-11(8-6-10)15(21)22)23-16(19-20)18-13-4-2-3-12(17)9-13/h2-9H,1H3,(H-,18,19,21,22)/p+1. The summed E-state index contributed by atoms with van der Waals surface area (Å²) in [5.41, 5.74) is 1.72. The summed E-state index contributed by atoms with van der Waals surface area (Å²) in [7, 11) is 1.80. The summed E-state index contributed by atoms with van der Waals surface area (Å²) in [6.45, 7) is 0. The third kappa shape index (κ3) is 3.35. The molecule has 0 aliphatic carbocycles. The topological polar surface area (TPSA) is 66.1 Å². The van der Waals surface area contributed by atoms with Gasteiger partial charge in [-0.25, -0.2) is 9.18 Å². The molecule has 116 valence electrons. The Hall–Kier alpha value is -2.80. The number of halogens is 1. The minimum Gasteiger partial charge on any atom is -0.478 e. The molecule has 0 spiro atoms. The van der Waals surface area contributed by atoms with Gasteiger partial charge in [0, 0.05) is 10.8 Å². The highest BCUT2D eigenvalue weighted by Crippen LogP contribution is 2.27. The number of aryl methyl sites for hydroxylation is 1. The fourth-order valence-electron chi connectivity index (χ4n) is 2.10. The highest BCUT2D eigenvalue weighted by atomic mass is 32.1. The molecule has 0 aliphatic heterocycles. The first-order chi connectivity index (χ1) is 11.0. The number of anilines is 2. The van der Waals surface area contributed by atoms with E-state index in [4.69, 9.17) is 5.11 Å². The van der Waals surface area contributed by atoms with Crippen LogP contribution < -0.4 is 10.00 Å². The van der Waals surface area contributed by atoms with Gasteiger partial charge in [-0.15, -0.1) is 0 Å². The van der Waals surface area contributed by atoms with Crippen molar-refractivity contribution in [1.82, 2.24) is 5.10 Å². The van der Waals surface area contributed by atoms with Gasteiger partial charge in [0.25, 0.3) is 10.1 Å². The minimum atomic E-state index is -0.960. The molecule has 0 saturated carbocycles. The Labute approximate surface area is 135 Å². The molecule has 3 aromatic rings. The number of nitrogens with one attached hydrogen (secondary N) is 1. The summed E-state index contributed by atoms with van der Waals surface area (Å²) < 4.78 is 14.9. The Morgan fingerprint density at radius 2 is 2.00 bits per heavy atom. The molecule has 0 atom stereocenters. The third-order valence-electron chi connectivity index (χ3n) is 3.18. The van der Waals surface area contributed by atoms with Crippen LogP contribution in [0.3, 0.4) is 0 Å². The molecule has 1 heterocycles. The number of carbonyl (C=O) groups is 1. The fraction of sp³-hybridized carbons (Fsp3) is 0.0625. The Kier molecular flexibility index (Phi) is 4.03. The molecule has 0 amide bonds. The molecular formula is C16H13FN3O2S+. The molecule has 0 bridgehead atoms. The molecule has 5 nitrogen and oxygen atoms in total. The van der Waals surface area contributed by atoms with Gasteiger partial charge in [0.2, 0.25) is 0 Å². The lowest BCUT2D eigenvalue weighted by Gasteiger charge is -1.99. The first-order valence-electron chi connectivity index (χ1n) is 6.76. The smallest absolute Gasteiger partial charge is 0.335 e. The van der Waals surface area contributed by atoms with Crippen molar-refractivity contribution in [3.63, 3.8) is 0 Å². The molecule has 3 rings (SSSR count). The van der Waals surface area contributed by atoms with E-state index in [9.17, 15) is 9.18 Å². The molecule has 1 aromatic heterocycles. The maximum atomic E-state index is 13.2. The number of aromatic carboxylic acids is 1. The Bertz CT molecular complexity index is 862. The van der Waals surface area contributed by atoms with Gasteiger partial charge < -0.3 is 10.4 Å². The van der Waals surface area contributed by atoms with Gasteiger partial charge in [-0.3, -0.25) is 0 Å². The SMILES string of the molecule is C[n+]1nc(Nc2cccc(F)c2)sc1-c1ccc(C(=O)O)cc1. The predicted molar refractivity (Wildman–Crippen MR) is 85.4 cm³/mol. The second kappa shape index (κ2) is 6.13. The van der Waals surface area contributed by atoms with Gasteiger partial charge in [-0.05, 0) is 53.8 Å². The lowest BCUT2D eigenvalue weighted by molar-refractivity contribution is -0.714. The number of aromatic nitrogens is 2. The van der Waals surface area contributed by atoms with Crippen LogP contribution in [0, 0.1) is 5.82 Å². The van der Waals surface area contributed by atoms with Crippen LogP contribution in [0.2, 0.25) is 0 Å². The molecule has 0 fully saturated rings. The van der Waals surface area contributed by atoms with Crippen molar-refractivity contribution in [3.05, 3.63) is 59.9 Å². The third-order valence-corrected chi connectivity index (χ3v) is 4.25. The monoisotopic (exact) mass is 330 g/mol. The van der Waals surface area contributed by atoms with Crippen LogP contribution in [-0.2, 0) is 7.05 Å². The molecular weight excluding hydrogens is 317 g/mol. The first kappa shape index (κ1) is 15.1. The Morgan fingerprint density at radius 1 is 1.26 bits per heavy atom. The van der Waals surface area contributed by atoms with Gasteiger partial charge in [0.1, 0.15) is 5.82 Å². The molecule has 0 saturated heterocycles. The molecule has 2 N–H and O–H groups in total. The number of rotatable bonds is 4. The van der Waals surface area contributed by atoms with Crippen LogP contribution in [-0.4, -0.2) is 16.2 Å². The number of carboxylic acids is 1. The highest BCUT2D eigenvalue weighted by molar-refractivity contribution is 7.18. The number of carboxylic acid groups (broad SMARTS) is 1. The van der Waals surface area contributed by atoms with Crippen molar-refractivity contribution < 1.29 is 19.0 Å². The van der Waals surface area contributed by atoms with E-state index >= 15 is 0 Å². The summed E-state index contributed by atoms with van der Waals surface area (Å²) >= 11 is 1.40. The summed E-state index contributed by atoms with van der Waals surface area (Å²) in [5, 5.41) is 17.8. The van der Waals surface area contributed by atoms with E-state index in [0.717, 1.165) is 10.6 Å². The maximum absolute atomic E-state index is 13.2. The molecule has 23 heavy (non-hydrogen) atoms. The van der Waals surface area contributed by atoms with Gasteiger partial charge in [-0.2, -0.15) is 0 Å². The van der Waals surface area contributed by atoms with E-state index in [0.29, 0.717) is 10.8 Å². The van der Waals surface area contributed by atoms with E-state index in [1.54, 1.807) is 48.1 Å². The molecule has 7 heteroatoms. The zero-order valence-corrected chi connectivity index (χ0v) is 13.0. The van der Waals surface area contributed by atoms with Crippen LogP contribution in [0.5, 0.6) is 0 Å². The summed E-state index contributed by atoms with van der Waals surface area (Å²) in [4.78, 5) is 10.9. The number of benzene rings is 2. The van der Waals surface area contributed by atoms with E-state index in [2.05, 4.69) is 10.4 Å². The molecule has 0 radical (unpaired) electrons. The number of hydrogen-bond donors (Lipinski definition) is 2. The number of nitrogens with zero attached hydrogens (tertiary/aromatic N) is 2. The average molecular weight is 330 g/mol. The first-order valence-corrected chi connectivity index (χ1v) is 7.58. The number of hydrogen-bond acceptors (Lipinski definition) is 4. The van der Waals surface area contributed by atoms with Crippen LogP contribution in [0.1, 0.15) is 10.4 Å². The van der Waals surface area contributed by atoms with Crippen molar-refractivity contribution in [3.8, 4) is 10.6 Å². The van der Waals surface area contributed by atoms with Crippen molar-refractivity contribution in [1.29, 1.82) is 0 Å².